The smallest absolute Gasteiger partial charge is 0.132 e. The zero-order chi connectivity index (χ0) is 35.9. The Morgan fingerprint density at radius 1 is 0.418 bits per heavy atom. The maximum absolute atomic E-state index is 6.78. The van der Waals surface area contributed by atoms with Crippen molar-refractivity contribution in [2.24, 2.45) is 5.92 Å². The molecule has 5 aliphatic rings. The van der Waals surface area contributed by atoms with Gasteiger partial charge in [-0.1, -0.05) is 164 Å². The van der Waals surface area contributed by atoms with Crippen LogP contribution in [0.15, 0.2) is 194 Å². The highest BCUT2D eigenvalue weighted by molar-refractivity contribution is 5.96. The molecule has 0 N–H and O–H groups in total. The van der Waals surface area contributed by atoms with Crippen molar-refractivity contribution in [3.05, 3.63) is 244 Å². The number of ether oxygens (including phenoxy) is 1. The molecule has 8 aromatic carbocycles. The first-order chi connectivity index (χ1) is 27.3. The topological polar surface area (TPSA) is 9.23 Å². The molecule has 0 radical (unpaired) electrons. The summed E-state index contributed by atoms with van der Waals surface area (Å²) in [6.45, 7) is 0. The van der Waals surface area contributed by atoms with Crippen LogP contribution < -0.4 is 4.74 Å². The van der Waals surface area contributed by atoms with Crippen molar-refractivity contribution >= 4 is 16.3 Å². The van der Waals surface area contributed by atoms with Gasteiger partial charge in [-0.3, -0.25) is 0 Å². The minimum atomic E-state index is -0.487. The maximum Gasteiger partial charge on any atom is 0.132 e. The lowest BCUT2D eigenvalue weighted by Crippen LogP contribution is -2.33. The Bertz CT molecular complexity index is 3000. The normalized spacial score (nSPS) is 20.8. The van der Waals surface area contributed by atoms with Gasteiger partial charge in [0, 0.05) is 23.0 Å². The standard InChI is InChI=1S/C54H34O/c1-2-14-34-31-49-42(29-33(34)13-1)40-18-6-10-22-46(40)53(49)45-21-9-5-17-39(45)41-30-35(25-27-47(41)53)36-26-28-52-50(32-36)54(48-23-11-12-24-51(48)55-52)43-19-7-3-15-37(43)38-16-4-8-20-44(38)54/h1-32,41,47H. The van der Waals surface area contributed by atoms with Crippen molar-refractivity contribution in [3.63, 3.8) is 0 Å². The minimum absolute atomic E-state index is 0.219. The molecule has 1 nitrogen and oxygen atoms in total. The van der Waals surface area contributed by atoms with Gasteiger partial charge in [0.1, 0.15) is 11.5 Å². The third-order valence-electron chi connectivity index (χ3n) is 13.6. The molecule has 55 heavy (non-hydrogen) atoms. The fourth-order valence-electron chi connectivity index (χ4n) is 11.6. The first-order valence-electron chi connectivity index (χ1n) is 19.5. The van der Waals surface area contributed by atoms with E-state index in [4.69, 9.17) is 4.74 Å². The maximum atomic E-state index is 6.78. The summed E-state index contributed by atoms with van der Waals surface area (Å²) in [4.78, 5) is 0. The number of para-hydroxylation sites is 1. The van der Waals surface area contributed by atoms with E-state index in [2.05, 4.69) is 194 Å². The van der Waals surface area contributed by atoms with E-state index in [1.165, 1.54) is 88.7 Å². The second kappa shape index (κ2) is 10.5. The molecule has 0 saturated heterocycles. The summed E-state index contributed by atoms with van der Waals surface area (Å²) in [5, 5.41) is 2.59. The van der Waals surface area contributed by atoms with Crippen LogP contribution in [0.3, 0.4) is 0 Å². The molecule has 0 saturated carbocycles. The molecule has 1 aliphatic heterocycles. The Kier molecular flexibility index (Phi) is 5.67. The lowest BCUT2D eigenvalue weighted by molar-refractivity contribution is 0.436. The quantitative estimate of drug-likeness (QED) is 0.166. The molecule has 0 aromatic heterocycles. The Morgan fingerprint density at radius 2 is 1.00 bits per heavy atom. The molecule has 0 amide bonds. The molecule has 13 rings (SSSR count). The minimum Gasteiger partial charge on any atom is -0.457 e. The summed E-state index contributed by atoms with van der Waals surface area (Å²) in [5.74, 6) is 2.30. The Balaban J connectivity index is 1.02. The van der Waals surface area contributed by atoms with Gasteiger partial charge in [-0.2, -0.15) is 0 Å². The number of allylic oxidation sites excluding steroid dienone is 4. The van der Waals surface area contributed by atoms with Crippen LogP contribution in [0.5, 0.6) is 11.5 Å². The Labute approximate surface area is 320 Å². The van der Waals surface area contributed by atoms with E-state index in [0.717, 1.165) is 11.5 Å². The Hall–Kier alpha value is -6.70. The molecule has 0 fully saturated rings. The molecule has 1 heteroatoms. The second-order valence-corrected chi connectivity index (χ2v) is 15.9. The van der Waals surface area contributed by atoms with E-state index >= 15 is 0 Å². The van der Waals surface area contributed by atoms with Gasteiger partial charge in [0.15, 0.2) is 0 Å². The average Bonchev–Trinajstić information content (AvgIpc) is 3.83. The van der Waals surface area contributed by atoms with Crippen molar-refractivity contribution in [1.29, 1.82) is 0 Å². The molecule has 8 aromatic rings. The van der Waals surface area contributed by atoms with Crippen LogP contribution in [0.4, 0.5) is 0 Å². The first kappa shape index (κ1) is 29.7. The van der Waals surface area contributed by atoms with Gasteiger partial charge in [-0.15, -0.1) is 0 Å². The predicted octanol–water partition coefficient (Wildman–Crippen LogP) is 13.0. The van der Waals surface area contributed by atoms with Gasteiger partial charge in [0.05, 0.1) is 10.8 Å². The monoisotopic (exact) mass is 698 g/mol. The largest absolute Gasteiger partial charge is 0.457 e. The van der Waals surface area contributed by atoms with Gasteiger partial charge in [0.25, 0.3) is 0 Å². The summed E-state index contributed by atoms with van der Waals surface area (Å²) in [5.41, 5.74) is 17.8. The van der Waals surface area contributed by atoms with E-state index in [1.807, 2.05) is 0 Å². The average molecular weight is 699 g/mol. The molecule has 4 aliphatic carbocycles. The second-order valence-electron chi connectivity index (χ2n) is 15.9. The van der Waals surface area contributed by atoms with E-state index in [1.54, 1.807) is 0 Å². The van der Waals surface area contributed by atoms with Crippen LogP contribution in [0.1, 0.15) is 56.0 Å². The molecule has 0 bridgehead atoms. The van der Waals surface area contributed by atoms with Crippen molar-refractivity contribution in [2.45, 2.75) is 16.7 Å². The summed E-state index contributed by atoms with van der Waals surface area (Å²) in [7, 11) is 0. The molecular weight excluding hydrogens is 665 g/mol. The van der Waals surface area contributed by atoms with Gasteiger partial charge < -0.3 is 4.74 Å². The first-order valence-corrected chi connectivity index (χ1v) is 19.5. The molecule has 1 heterocycles. The highest BCUT2D eigenvalue weighted by Gasteiger charge is 2.57. The van der Waals surface area contributed by atoms with Crippen LogP contribution in [0.2, 0.25) is 0 Å². The van der Waals surface area contributed by atoms with Gasteiger partial charge in [-0.25, -0.2) is 0 Å². The molecule has 3 unspecified atom stereocenters. The van der Waals surface area contributed by atoms with Crippen LogP contribution in [0.25, 0.3) is 38.6 Å². The number of rotatable bonds is 1. The van der Waals surface area contributed by atoms with Crippen LogP contribution in [0, 0.1) is 5.92 Å². The SMILES string of the molecule is C1=CC2C(C=C1c1ccc3c(c1)C1(c4ccccc4O3)c3ccccc3-c3ccccc31)c1ccccc1C21c2ccccc2-c2cc3ccccc3cc21. The van der Waals surface area contributed by atoms with Crippen molar-refractivity contribution in [3.8, 4) is 33.8 Å². The predicted molar refractivity (Wildman–Crippen MR) is 223 cm³/mol. The zero-order valence-corrected chi connectivity index (χ0v) is 30.0. The van der Waals surface area contributed by atoms with Crippen LogP contribution in [-0.2, 0) is 10.8 Å². The van der Waals surface area contributed by atoms with Gasteiger partial charge >= 0.3 is 0 Å². The molecule has 256 valence electrons. The number of benzene rings is 8. The zero-order valence-electron chi connectivity index (χ0n) is 30.0. The van der Waals surface area contributed by atoms with Gasteiger partial charge in [-0.05, 0) is 108 Å². The fraction of sp³-hybridized carbons (Fsp3) is 0.0741. The van der Waals surface area contributed by atoms with Gasteiger partial charge in [0.2, 0.25) is 0 Å². The molecule has 2 spiro atoms. The lowest BCUT2D eigenvalue weighted by atomic mass is 9.64. The van der Waals surface area contributed by atoms with E-state index in [0.29, 0.717) is 0 Å². The van der Waals surface area contributed by atoms with Crippen LogP contribution >= 0.6 is 0 Å². The third kappa shape index (κ3) is 3.55. The van der Waals surface area contributed by atoms with E-state index < -0.39 is 5.41 Å². The lowest BCUT2D eigenvalue weighted by Gasteiger charge is -2.40. The Morgan fingerprint density at radius 3 is 1.76 bits per heavy atom. The van der Waals surface area contributed by atoms with Crippen molar-refractivity contribution in [1.82, 2.24) is 0 Å². The highest BCUT2D eigenvalue weighted by atomic mass is 16.5. The number of hydrogen-bond donors (Lipinski definition) is 0. The van der Waals surface area contributed by atoms with E-state index in [-0.39, 0.29) is 17.3 Å². The highest BCUT2D eigenvalue weighted by Crippen LogP contribution is 2.67. The summed E-state index contributed by atoms with van der Waals surface area (Å²) >= 11 is 0. The van der Waals surface area contributed by atoms with Crippen LogP contribution in [-0.4, -0.2) is 0 Å². The number of fused-ring (bicyclic) bond motifs is 20. The summed E-state index contributed by atoms with van der Waals surface area (Å²) in [6.07, 6.45) is 7.53. The van der Waals surface area contributed by atoms with E-state index in [9.17, 15) is 0 Å². The fourth-order valence-corrected chi connectivity index (χ4v) is 11.6. The number of hydrogen-bond acceptors (Lipinski definition) is 1. The van der Waals surface area contributed by atoms with Crippen molar-refractivity contribution < 1.29 is 4.74 Å². The van der Waals surface area contributed by atoms with Crippen molar-refractivity contribution in [2.75, 3.05) is 0 Å². The summed E-state index contributed by atoms with van der Waals surface area (Å²) < 4.78 is 6.78. The third-order valence-corrected chi connectivity index (χ3v) is 13.6. The molecule has 3 atom stereocenters. The molecular formula is C54H34O. The summed E-state index contributed by atoms with van der Waals surface area (Å²) in [6, 6.07) is 65.7.